The standard InChI is InChI=1S/C7H17N3OS/c1-10(2)9-7(11)6(8)4-5-12-3/h6H,4-5,8H2,1-3H3,(H,9,11)/t6-/m1/s1. The summed E-state index contributed by atoms with van der Waals surface area (Å²) in [7, 11) is 3.53. The summed E-state index contributed by atoms with van der Waals surface area (Å²) in [4.78, 5) is 11.2. The Labute approximate surface area is 77.8 Å². The molecule has 4 nitrogen and oxygen atoms in total. The average Bonchev–Trinajstić information content (AvgIpc) is 1.98. The average molecular weight is 191 g/mol. The molecule has 0 aliphatic heterocycles. The van der Waals surface area contributed by atoms with Crippen molar-refractivity contribution in [3.63, 3.8) is 0 Å². The highest BCUT2D eigenvalue weighted by molar-refractivity contribution is 7.98. The van der Waals surface area contributed by atoms with Gasteiger partial charge in [-0.3, -0.25) is 10.2 Å². The van der Waals surface area contributed by atoms with Crippen LogP contribution in [0.2, 0.25) is 0 Å². The number of hydrogen-bond donors (Lipinski definition) is 2. The minimum Gasteiger partial charge on any atom is -0.320 e. The first-order chi connectivity index (χ1) is 5.57. The van der Waals surface area contributed by atoms with E-state index in [9.17, 15) is 4.79 Å². The number of carbonyl (C=O) groups is 1. The van der Waals surface area contributed by atoms with Gasteiger partial charge in [-0.1, -0.05) is 0 Å². The Morgan fingerprint density at radius 2 is 2.25 bits per heavy atom. The Balaban J connectivity index is 3.61. The highest BCUT2D eigenvalue weighted by atomic mass is 32.2. The largest absolute Gasteiger partial charge is 0.320 e. The van der Waals surface area contributed by atoms with Crippen molar-refractivity contribution >= 4 is 17.7 Å². The van der Waals surface area contributed by atoms with Gasteiger partial charge in [0.15, 0.2) is 0 Å². The van der Waals surface area contributed by atoms with E-state index in [-0.39, 0.29) is 11.9 Å². The van der Waals surface area contributed by atoms with Crippen LogP contribution in [0.4, 0.5) is 0 Å². The second-order valence-corrected chi connectivity index (χ2v) is 3.74. The zero-order chi connectivity index (χ0) is 9.56. The van der Waals surface area contributed by atoms with E-state index in [1.165, 1.54) is 0 Å². The van der Waals surface area contributed by atoms with Crippen LogP contribution in [-0.2, 0) is 4.79 Å². The minimum atomic E-state index is -0.389. The normalized spacial score (nSPS) is 13.1. The van der Waals surface area contributed by atoms with Gasteiger partial charge in [-0.2, -0.15) is 11.8 Å². The molecule has 0 spiro atoms. The van der Waals surface area contributed by atoms with Crippen LogP contribution < -0.4 is 11.2 Å². The number of nitrogens with two attached hydrogens (primary N) is 1. The number of thioether (sulfide) groups is 1. The third-order valence-electron chi connectivity index (χ3n) is 1.30. The maximum absolute atomic E-state index is 11.2. The molecule has 1 atom stereocenters. The molecule has 0 unspecified atom stereocenters. The Bertz CT molecular complexity index is 141. The zero-order valence-corrected chi connectivity index (χ0v) is 8.65. The predicted molar refractivity (Wildman–Crippen MR) is 52.8 cm³/mol. The maximum Gasteiger partial charge on any atom is 0.251 e. The number of rotatable bonds is 5. The summed E-state index contributed by atoms with van der Waals surface area (Å²) < 4.78 is 0. The van der Waals surface area contributed by atoms with Crippen LogP contribution in [0.15, 0.2) is 0 Å². The lowest BCUT2D eigenvalue weighted by Crippen LogP contribution is -2.46. The molecule has 0 radical (unpaired) electrons. The van der Waals surface area contributed by atoms with E-state index in [0.29, 0.717) is 0 Å². The number of hydrogen-bond acceptors (Lipinski definition) is 4. The highest BCUT2D eigenvalue weighted by Gasteiger charge is 2.12. The van der Waals surface area contributed by atoms with Gasteiger partial charge in [0.1, 0.15) is 0 Å². The third-order valence-corrected chi connectivity index (χ3v) is 1.95. The summed E-state index contributed by atoms with van der Waals surface area (Å²) in [5, 5.41) is 1.60. The summed E-state index contributed by atoms with van der Waals surface area (Å²) >= 11 is 1.69. The lowest BCUT2D eigenvalue weighted by molar-refractivity contribution is -0.126. The molecule has 0 saturated heterocycles. The first-order valence-corrected chi connectivity index (χ1v) is 5.19. The van der Waals surface area contributed by atoms with Crippen LogP contribution in [0.1, 0.15) is 6.42 Å². The van der Waals surface area contributed by atoms with E-state index < -0.39 is 0 Å². The Morgan fingerprint density at radius 1 is 1.67 bits per heavy atom. The quantitative estimate of drug-likeness (QED) is 0.584. The molecule has 3 N–H and O–H groups in total. The van der Waals surface area contributed by atoms with Gasteiger partial charge in [-0.15, -0.1) is 0 Å². The third kappa shape index (κ3) is 5.40. The Kier molecular flexibility index (Phi) is 6.14. The predicted octanol–water partition coefficient (Wildman–Crippen LogP) is -0.340. The van der Waals surface area contributed by atoms with Gasteiger partial charge >= 0.3 is 0 Å². The molecule has 0 rings (SSSR count). The van der Waals surface area contributed by atoms with Crippen LogP contribution in [0.3, 0.4) is 0 Å². The Hall–Kier alpha value is -0.260. The molecule has 0 heterocycles. The smallest absolute Gasteiger partial charge is 0.251 e. The van der Waals surface area contributed by atoms with Crippen LogP contribution in [-0.4, -0.2) is 43.1 Å². The second kappa shape index (κ2) is 6.28. The van der Waals surface area contributed by atoms with Gasteiger partial charge in [0.2, 0.25) is 0 Å². The molecule has 0 aliphatic carbocycles. The Morgan fingerprint density at radius 3 is 2.67 bits per heavy atom. The molecular formula is C7H17N3OS. The van der Waals surface area contributed by atoms with E-state index in [1.807, 2.05) is 6.26 Å². The zero-order valence-electron chi connectivity index (χ0n) is 7.83. The molecule has 5 heteroatoms. The van der Waals surface area contributed by atoms with Crippen LogP contribution >= 0.6 is 11.8 Å². The van der Waals surface area contributed by atoms with Gasteiger partial charge in [0, 0.05) is 14.1 Å². The molecule has 0 bridgehead atoms. The fourth-order valence-electron chi connectivity index (χ4n) is 0.679. The molecule has 72 valence electrons. The van der Waals surface area contributed by atoms with Crippen molar-refractivity contribution in [3.8, 4) is 0 Å². The topological polar surface area (TPSA) is 58.4 Å². The highest BCUT2D eigenvalue weighted by Crippen LogP contribution is 1.98. The van der Waals surface area contributed by atoms with Gasteiger partial charge in [0.05, 0.1) is 6.04 Å². The number of nitrogens with one attached hydrogen (secondary N) is 1. The SMILES string of the molecule is CSCC[C@@H](N)C(=O)NN(C)C. The van der Waals surface area contributed by atoms with Gasteiger partial charge in [0.25, 0.3) is 5.91 Å². The summed E-state index contributed by atoms with van der Waals surface area (Å²) in [6, 6.07) is -0.389. The summed E-state index contributed by atoms with van der Waals surface area (Å²) in [5.41, 5.74) is 8.21. The maximum atomic E-state index is 11.2. The first kappa shape index (κ1) is 11.7. The van der Waals surface area contributed by atoms with Crippen LogP contribution in [0.25, 0.3) is 0 Å². The van der Waals surface area contributed by atoms with Gasteiger partial charge in [-0.25, -0.2) is 5.01 Å². The lowest BCUT2D eigenvalue weighted by atomic mass is 10.2. The van der Waals surface area contributed by atoms with Crippen molar-refractivity contribution in [3.05, 3.63) is 0 Å². The molecule has 0 aliphatic rings. The first-order valence-electron chi connectivity index (χ1n) is 3.80. The number of hydrazine groups is 1. The lowest BCUT2D eigenvalue weighted by Gasteiger charge is -2.15. The molecule has 0 saturated carbocycles. The van der Waals surface area contributed by atoms with Crippen molar-refractivity contribution in [1.29, 1.82) is 0 Å². The molecule has 12 heavy (non-hydrogen) atoms. The number of amides is 1. The van der Waals surface area contributed by atoms with E-state index in [1.54, 1.807) is 30.9 Å². The van der Waals surface area contributed by atoms with E-state index in [2.05, 4.69) is 5.43 Å². The van der Waals surface area contributed by atoms with Crippen molar-refractivity contribution in [2.75, 3.05) is 26.1 Å². The molecule has 0 aromatic rings. The van der Waals surface area contributed by atoms with Crippen LogP contribution in [0.5, 0.6) is 0 Å². The van der Waals surface area contributed by atoms with Crippen LogP contribution in [0, 0.1) is 0 Å². The fraction of sp³-hybridized carbons (Fsp3) is 0.857. The van der Waals surface area contributed by atoms with E-state index >= 15 is 0 Å². The second-order valence-electron chi connectivity index (χ2n) is 2.76. The molecule has 1 amide bonds. The van der Waals surface area contributed by atoms with Crippen molar-refractivity contribution in [2.45, 2.75) is 12.5 Å². The molecule has 0 aromatic carbocycles. The monoisotopic (exact) mass is 191 g/mol. The van der Waals surface area contributed by atoms with Gasteiger partial charge in [-0.05, 0) is 18.4 Å². The summed E-state index contributed by atoms with van der Waals surface area (Å²) in [6.45, 7) is 0. The summed E-state index contributed by atoms with van der Waals surface area (Å²) in [6.07, 6.45) is 2.72. The van der Waals surface area contributed by atoms with E-state index in [4.69, 9.17) is 5.73 Å². The van der Waals surface area contributed by atoms with Gasteiger partial charge < -0.3 is 5.73 Å². The van der Waals surface area contributed by atoms with Crippen molar-refractivity contribution < 1.29 is 4.79 Å². The molecule has 0 fully saturated rings. The molecule has 0 aromatic heterocycles. The number of nitrogens with zero attached hydrogens (tertiary/aromatic N) is 1. The van der Waals surface area contributed by atoms with Crippen molar-refractivity contribution in [1.82, 2.24) is 10.4 Å². The minimum absolute atomic E-state index is 0.117. The van der Waals surface area contributed by atoms with E-state index in [0.717, 1.165) is 12.2 Å². The fourth-order valence-corrected chi connectivity index (χ4v) is 1.17. The molecular weight excluding hydrogens is 174 g/mol. The number of carbonyl (C=O) groups excluding carboxylic acids is 1. The van der Waals surface area contributed by atoms with Crippen molar-refractivity contribution in [2.24, 2.45) is 5.73 Å². The summed E-state index contributed by atoms with van der Waals surface area (Å²) in [5.74, 6) is 0.802.